The van der Waals surface area contributed by atoms with Crippen molar-refractivity contribution < 1.29 is 22.0 Å². The van der Waals surface area contributed by atoms with Crippen molar-refractivity contribution in [2.75, 3.05) is 18.4 Å². The van der Waals surface area contributed by atoms with Gasteiger partial charge in [-0.1, -0.05) is 48.5 Å². The lowest BCUT2D eigenvalue weighted by Gasteiger charge is -2.30. The van der Waals surface area contributed by atoms with Crippen molar-refractivity contribution in [1.82, 2.24) is 4.31 Å². The van der Waals surface area contributed by atoms with Gasteiger partial charge in [0.15, 0.2) is 11.6 Å². The van der Waals surface area contributed by atoms with E-state index in [1.807, 2.05) is 54.6 Å². The van der Waals surface area contributed by atoms with E-state index in [4.69, 9.17) is 0 Å². The van der Waals surface area contributed by atoms with E-state index in [9.17, 15) is 22.0 Å². The van der Waals surface area contributed by atoms with Crippen LogP contribution < -0.4 is 5.32 Å². The summed E-state index contributed by atoms with van der Waals surface area (Å²) in [4.78, 5) is 12.6. The van der Waals surface area contributed by atoms with Crippen LogP contribution in [-0.2, 0) is 21.2 Å². The van der Waals surface area contributed by atoms with Crippen molar-refractivity contribution in [3.8, 4) is 0 Å². The van der Waals surface area contributed by atoms with Crippen LogP contribution in [0.25, 0.3) is 0 Å². The minimum atomic E-state index is -3.96. The summed E-state index contributed by atoms with van der Waals surface area (Å²) in [6.45, 7) is 0.260. The first-order chi connectivity index (χ1) is 15.8. The molecule has 4 rings (SSSR count). The molecule has 0 aliphatic carbocycles. The number of carbonyl (C=O) groups excluding carboxylic acids is 1. The SMILES string of the molecule is O=C(Nc1ccccc1Cc1ccccc1)C1CCN(S(=O)(=O)c2ccc(F)c(F)c2)CC1. The van der Waals surface area contributed by atoms with Crippen LogP contribution in [0.4, 0.5) is 14.5 Å². The highest BCUT2D eigenvalue weighted by Crippen LogP contribution is 2.27. The molecule has 1 saturated heterocycles. The van der Waals surface area contributed by atoms with Crippen LogP contribution in [0.3, 0.4) is 0 Å². The van der Waals surface area contributed by atoms with E-state index in [2.05, 4.69) is 5.32 Å². The van der Waals surface area contributed by atoms with E-state index in [1.165, 1.54) is 4.31 Å². The monoisotopic (exact) mass is 470 g/mol. The second-order valence-corrected chi connectivity index (χ2v) is 10.0. The number of hydrogen-bond donors (Lipinski definition) is 1. The molecule has 0 unspecified atom stereocenters. The third-order valence-electron chi connectivity index (χ3n) is 5.87. The molecule has 3 aromatic rings. The van der Waals surface area contributed by atoms with Crippen LogP contribution in [0, 0.1) is 17.6 Å². The van der Waals surface area contributed by atoms with Gasteiger partial charge in [-0.2, -0.15) is 4.31 Å². The Morgan fingerprint density at radius 1 is 0.909 bits per heavy atom. The van der Waals surface area contributed by atoms with E-state index in [1.54, 1.807) is 0 Å². The fraction of sp³-hybridized carbons (Fsp3) is 0.240. The van der Waals surface area contributed by atoms with Gasteiger partial charge in [-0.05, 0) is 54.7 Å². The van der Waals surface area contributed by atoms with E-state index in [-0.39, 0.29) is 29.8 Å². The van der Waals surface area contributed by atoms with Crippen molar-refractivity contribution in [3.05, 3.63) is 95.6 Å². The van der Waals surface area contributed by atoms with Gasteiger partial charge in [0.25, 0.3) is 0 Å². The second kappa shape index (κ2) is 9.80. The number of anilines is 1. The van der Waals surface area contributed by atoms with Gasteiger partial charge < -0.3 is 5.32 Å². The van der Waals surface area contributed by atoms with Gasteiger partial charge >= 0.3 is 0 Å². The second-order valence-electron chi connectivity index (χ2n) is 8.06. The molecule has 3 aromatic carbocycles. The van der Waals surface area contributed by atoms with Gasteiger partial charge in [-0.15, -0.1) is 0 Å². The smallest absolute Gasteiger partial charge is 0.243 e. The first-order valence-electron chi connectivity index (χ1n) is 10.7. The maximum atomic E-state index is 13.5. The molecule has 1 N–H and O–H groups in total. The molecule has 8 heteroatoms. The van der Waals surface area contributed by atoms with Gasteiger partial charge in [0.2, 0.25) is 15.9 Å². The number of nitrogens with zero attached hydrogens (tertiary/aromatic N) is 1. The lowest BCUT2D eigenvalue weighted by molar-refractivity contribution is -0.120. The fourth-order valence-corrected chi connectivity index (χ4v) is 5.47. The number of benzene rings is 3. The zero-order valence-corrected chi connectivity index (χ0v) is 18.7. The zero-order chi connectivity index (χ0) is 23.4. The van der Waals surface area contributed by atoms with Crippen molar-refractivity contribution in [2.45, 2.75) is 24.2 Å². The third-order valence-corrected chi connectivity index (χ3v) is 7.76. The number of carbonyl (C=O) groups is 1. The van der Waals surface area contributed by atoms with Gasteiger partial charge in [-0.3, -0.25) is 4.79 Å². The molecule has 0 saturated carbocycles. The van der Waals surface area contributed by atoms with Crippen LogP contribution >= 0.6 is 0 Å². The quantitative estimate of drug-likeness (QED) is 0.573. The van der Waals surface area contributed by atoms with Crippen molar-refractivity contribution >= 4 is 21.6 Å². The number of hydrogen-bond acceptors (Lipinski definition) is 3. The van der Waals surface area contributed by atoms with E-state index in [0.29, 0.717) is 25.3 Å². The van der Waals surface area contributed by atoms with Crippen molar-refractivity contribution in [2.24, 2.45) is 5.92 Å². The minimum absolute atomic E-state index is 0.130. The van der Waals surface area contributed by atoms with Crippen LogP contribution in [0.1, 0.15) is 24.0 Å². The van der Waals surface area contributed by atoms with Gasteiger partial charge in [0.05, 0.1) is 4.90 Å². The normalized spacial score (nSPS) is 15.3. The van der Waals surface area contributed by atoms with Crippen LogP contribution in [0.5, 0.6) is 0 Å². The average molecular weight is 471 g/mol. The number of nitrogens with one attached hydrogen (secondary N) is 1. The predicted octanol–water partition coefficient (Wildman–Crippen LogP) is 4.60. The molecule has 1 heterocycles. The van der Waals surface area contributed by atoms with Crippen molar-refractivity contribution in [3.63, 3.8) is 0 Å². The highest BCUT2D eigenvalue weighted by molar-refractivity contribution is 7.89. The lowest BCUT2D eigenvalue weighted by atomic mass is 9.96. The van der Waals surface area contributed by atoms with E-state index < -0.39 is 21.7 Å². The molecule has 0 bridgehead atoms. The Bertz CT molecular complexity index is 1240. The highest BCUT2D eigenvalue weighted by Gasteiger charge is 2.32. The van der Waals surface area contributed by atoms with Gasteiger partial charge in [-0.25, -0.2) is 17.2 Å². The summed E-state index contributed by atoms with van der Waals surface area (Å²) in [6, 6.07) is 20.1. The average Bonchev–Trinajstić information content (AvgIpc) is 2.83. The summed E-state index contributed by atoms with van der Waals surface area (Å²) >= 11 is 0. The molecule has 1 fully saturated rings. The number of amides is 1. The Hall–Kier alpha value is -3.10. The molecular weight excluding hydrogens is 446 g/mol. The maximum absolute atomic E-state index is 13.5. The summed E-state index contributed by atoms with van der Waals surface area (Å²) in [5.41, 5.74) is 2.87. The summed E-state index contributed by atoms with van der Waals surface area (Å²) in [5.74, 6) is -2.80. The minimum Gasteiger partial charge on any atom is -0.326 e. The summed E-state index contributed by atoms with van der Waals surface area (Å²) in [6.07, 6.45) is 1.37. The third kappa shape index (κ3) is 5.29. The number of halogens is 2. The van der Waals surface area contributed by atoms with E-state index in [0.717, 1.165) is 28.9 Å². The molecule has 0 spiro atoms. The molecule has 172 valence electrons. The Morgan fingerprint density at radius 3 is 2.27 bits per heavy atom. The predicted molar refractivity (Wildman–Crippen MR) is 122 cm³/mol. The van der Waals surface area contributed by atoms with Crippen molar-refractivity contribution in [1.29, 1.82) is 0 Å². The maximum Gasteiger partial charge on any atom is 0.243 e. The molecule has 0 aromatic heterocycles. The Labute approximate surface area is 192 Å². The number of sulfonamides is 1. The Kier molecular flexibility index (Phi) is 6.85. The number of piperidine rings is 1. The lowest BCUT2D eigenvalue weighted by Crippen LogP contribution is -2.41. The summed E-state index contributed by atoms with van der Waals surface area (Å²) < 4.78 is 53.4. The summed E-state index contributed by atoms with van der Waals surface area (Å²) in [5, 5.41) is 3.00. The largest absolute Gasteiger partial charge is 0.326 e. The molecule has 0 radical (unpaired) electrons. The number of para-hydroxylation sites is 1. The zero-order valence-electron chi connectivity index (χ0n) is 17.9. The molecule has 1 aliphatic heterocycles. The Balaban J connectivity index is 1.40. The fourth-order valence-electron chi connectivity index (χ4n) is 3.99. The first kappa shape index (κ1) is 23.1. The highest BCUT2D eigenvalue weighted by atomic mass is 32.2. The first-order valence-corrected chi connectivity index (χ1v) is 12.2. The molecule has 33 heavy (non-hydrogen) atoms. The molecule has 0 atom stereocenters. The van der Waals surface area contributed by atoms with Crippen LogP contribution in [0.2, 0.25) is 0 Å². The Morgan fingerprint density at radius 2 is 1.58 bits per heavy atom. The van der Waals surface area contributed by atoms with Gasteiger partial charge in [0, 0.05) is 24.7 Å². The molecule has 1 amide bonds. The van der Waals surface area contributed by atoms with Gasteiger partial charge in [0.1, 0.15) is 0 Å². The molecular formula is C25H24F2N2O3S. The summed E-state index contributed by atoms with van der Waals surface area (Å²) in [7, 11) is -3.96. The van der Waals surface area contributed by atoms with Crippen LogP contribution in [0.15, 0.2) is 77.7 Å². The molecule has 5 nitrogen and oxygen atoms in total. The van der Waals surface area contributed by atoms with Crippen LogP contribution in [-0.4, -0.2) is 31.7 Å². The standard InChI is InChI=1S/C25H24F2N2O3S/c26-22-11-10-21(17-23(22)27)33(31,32)29-14-12-19(13-15-29)25(30)28-24-9-5-4-8-20(24)16-18-6-2-1-3-7-18/h1-11,17,19H,12-16H2,(H,28,30). The topological polar surface area (TPSA) is 66.5 Å². The van der Waals surface area contributed by atoms with E-state index >= 15 is 0 Å². The number of rotatable bonds is 6. The molecule has 1 aliphatic rings.